The van der Waals surface area contributed by atoms with Crippen molar-refractivity contribution in [3.63, 3.8) is 0 Å². The summed E-state index contributed by atoms with van der Waals surface area (Å²) < 4.78 is 5.64. The quantitative estimate of drug-likeness (QED) is 0.937. The molecular formula is C17H20ClNO. The molecule has 2 aromatic rings. The van der Waals surface area contributed by atoms with Crippen molar-refractivity contribution < 1.29 is 4.74 Å². The summed E-state index contributed by atoms with van der Waals surface area (Å²) in [4.78, 5) is 0. The van der Waals surface area contributed by atoms with E-state index in [4.69, 9.17) is 4.74 Å². The number of ether oxygens (including phenoxy) is 1. The van der Waals surface area contributed by atoms with Crippen molar-refractivity contribution in [1.82, 2.24) is 5.32 Å². The van der Waals surface area contributed by atoms with E-state index in [1.807, 2.05) is 0 Å². The van der Waals surface area contributed by atoms with E-state index in [-0.39, 0.29) is 12.4 Å². The molecule has 0 spiro atoms. The van der Waals surface area contributed by atoms with Gasteiger partial charge in [0.15, 0.2) is 0 Å². The van der Waals surface area contributed by atoms with Crippen LogP contribution < -0.4 is 5.32 Å². The highest BCUT2D eigenvalue weighted by molar-refractivity contribution is 5.85. The Bertz CT molecular complexity index is 457. The van der Waals surface area contributed by atoms with Crippen LogP contribution in [0.5, 0.6) is 0 Å². The van der Waals surface area contributed by atoms with Crippen molar-refractivity contribution >= 4 is 12.4 Å². The number of hydrogen-bond acceptors (Lipinski definition) is 2. The van der Waals surface area contributed by atoms with Crippen LogP contribution in [-0.2, 0) is 4.74 Å². The Morgan fingerprint density at radius 3 is 1.90 bits per heavy atom. The Labute approximate surface area is 126 Å². The molecule has 3 rings (SSSR count). The van der Waals surface area contributed by atoms with Crippen molar-refractivity contribution in [2.75, 3.05) is 19.8 Å². The number of benzene rings is 2. The van der Waals surface area contributed by atoms with E-state index in [0.717, 1.165) is 19.8 Å². The van der Waals surface area contributed by atoms with Crippen LogP contribution in [0, 0.1) is 0 Å². The number of nitrogens with one attached hydrogen (secondary N) is 1. The SMILES string of the molecule is Cl.c1ccc(C(c2ccccc2)C2COCCN2)cc1. The molecule has 1 N–H and O–H groups in total. The first-order valence-corrected chi connectivity index (χ1v) is 6.86. The lowest BCUT2D eigenvalue weighted by Gasteiger charge is -2.32. The molecule has 0 amide bonds. The van der Waals surface area contributed by atoms with Gasteiger partial charge in [-0.1, -0.05) is 60.7 Å². The van der Waals surface area contributed by atoms with Gasteiger partial charge >= 0.3 is 0 Å². The van der Waals surface area contributed by atoms with Crippen LogP contribution in [0.2, 0.25) is 0 Å². The van der Waals surface area contributed by atoms with Gasteiger partial charge in [-0.25, -0.2) is 0 Å². The fourth-order valence-corrected chi connectivity index (χ4v) is 2.78. The van der Waals surface area contributed by atoms with E-state index in [0.29, 0.717) is 12.0 Å². The summed E-state index contributed by atoms with van der Waals surface area (Å²) in [5.74, 6) is 0.350. The number of halogens is 1. The molecule has 1 saturated heterocycles. The van der Waals surface area contributed by atoms with Crippen molar-refractivity contribution in [3.8, 4) is 0 Å². The minimum absolute atomic E-state index is 0. The number of hydrogen-bond donors (Lipinski definition) is 1. The van der Waals surface area contributed by atoms with E-state index in [1.165, 1.54) is 11.1 Å². The lowest BCUT2D eigenvalue weighted by atomic mass is 9.85. The standard InChI is InChI=1S/C17H19NO.ClH/c1-3-7-14(8-4-1)17(15-9-5-2-6-10-15)16-13-19-12-11-18-16;/h1-10,16-18H,11-13H2;1H. The zero-order chi connectivity index (χ0) is 12.9. The maximum absolute atomic E-state index is 5.64. The molecule has 0 aromatic heterocycles. The Kier molecular flexibility index (Phi) is 5.60. The highest BCUT2D eigenvalue weighted by atomic mass is 35.5. The summed E-state index contributed by atoms with van der Waals surface area (Å²) in [5, 5.41) is 3.59. The second-order valence-electron chi connectivity index (χ2n) is 4.93. The largest absolute Gasteiger partial charge is 0.378 e. The van der Waals surface area contributed by atoms with E-state index in [1.54, 1.807) is 0 Å². The minimum Gasteiger partial charge on any atom is -0.378 e. The van der Waals surface area contributed by atoms with Gasteiger partial charge in [0.2, 0.25) is 0 Å². The Hall–Kier alpha value is -1.35. The van der Waals surface area contributed by atoms with Crippen LogP contribution in [0.25, 0.3) is 0 Å². The van der Waals surface area contributed by atoms with Crippen LogP contribution in [0.4, 0.5) is 0 Å². The Morgan fingerprint density at radius 1 is 0.900 bits per heavy atom. The Morgan fingerprint density at radius 2 is 1.45 bits per heavy atom. The van der Waals surface area contributed by atoms with Crippen molar-refractivity contribution in [1.29, 1.82) is 0 Å². The third-order valence-corrected chi connectivity index (χ3v) is 3.67. The van der Waals surface area contributed by atoms with Gasteiger partial charge in [0, 0.05) is 18.5 Å². The monoisotopic (exact) mass is 289 g/mol. The second kappa shape index (κ2) is 7.44. The summed E-state index contributed by atoms with van der Waals surface area (Å²) in [6.45, 7) is 2.52. The zero-order valence-electron chi connectivity index (χ0n) is 11.4. The second-order valence-corrected chi connectivity index (χ2v) is 4.93. The van der Waals surface area contributed by atoms with Crippen LogP contribution in [0.15, 0.2) is 60.7 Å². The minimum atomic E-state index is 0. The van der Waals surface area contributed by atoms with Gasteiger partial charge in [0.05, 0.1) is 13.2 Å². The van der Waals surface area contributed by atoms with Gasteiger partial charge in [-0.3, -0.25) is 0 Å². The average molecular weight is 290 g/mol. The molecule has 1 unspecified atom stereocenters. The lowest BCUT2D eigenvalue weighted by Crippen LogP contribution is -2.45. The van der Waals surface area contributed by atoms with E-state index in [9.17, 15) is 0 Å². The molecule has 1 aliphatic rings. The highest BCUT2D eigenvalue weighted by Crippen LogP contribution is 2.28. The molecule has 3 heteroatoms. The molecule has 20 heavy (non-hydrogen) atoms. The topological polar surface area (TPSA) is 21.3 Å². The van der Waals surface area contributed by atoms with E-state index < -0.39 is 0 Å². The maximum atomic E-state index is 5.64. The van der Waals surface area contributed by atoms with Crippen molar-refractivity contribution in [2.24, 2.45) is 0 Å². The molecule has 0 radical (unpaired) electrons. The van der Waals surface area contributed by atoms with Gasteiger partial charge in [-0.05, 0) is 11.1 Å². The molecule has 1 heterocycles. The summed E-state index contributed by atoms with van der Waals surface area (Å²) >= 11 is 0. The van der Waals surface area contributed by atoms with Gasteiger partial charge < -0.3 is 10.1 Å². The summed E-state index contributed by atoms with van der Waals surface area (Å²) in [6, 6.07) is 21.7. The predicted octanol–water partition coefficient (Wildman–Crippen LogP) is 3.23. The van der Waals surface area contributed by atoms with Crippen LogP contribution in [-0.4, -0.2) is 25.8 Å². The molecule has 1 aliphatic heterocycles. The molecule has 0 aliphatic carbocycles. The first kappa shape index (κ1) is 15.0. The van der Waals surface area contributed by atoms with Crippen LogP contribution in [0.3, 0.4) is 0 Å². The molecule has 0 bridgehead atoms. The molecule has 1 fully saturated rings. The fourth-order valence-electron chi connectivity index (χ4n) is 2.78. The van der Waals surface area contributed by atoms with E-state index >= 15 is 0 Å². The normalized spacial score (nSPS) is 18.6. The first-order valence-electron chi connectivity index (χ1n) is 6.86. The van der Waals surface area contributed by atoms with Gasteiger partial charge in [-0.2, -0.15) is 0 Å². The van der Waals surface area contributed by atoms with Crippen molar-refractivity contribution in [2.45, 2.75) is 12.0 Å². The van der Waals surface area contributed by atoms with E-state index in [2.05, 4.69) is 66.0 Å². The fraction of sp³-hybridized carbons (Fsp3) is 0.294. The molecule has 0 saturated carbocycles. The molecule has 106 valence electrons. The van der Waals surface area contributed by atoms with Crippen LogP contribution >= 0.6 is 12.4 Å². The highest BCUT2D eigenvalue weighted by Gasteiger charge is 2.26. The third kappa shape index (κ3) is 3.40. The molecular weight excluding hydrogens is 270 g/mol. The summed E-state index contributed by atoms with van der Waals surface area (Å²) in [6.07, 6.45) is 0. The summed E-state index contributed by atoms with van der Waals surface area (Å²) in [7, 11) is 0. The van der Waals surface area contributed by atoms with Gasteiger partial charge in [-0.15, -0.1) is 12.4 Å². The van der Waals surface area contributed by atoms with Gasteiger partial charge in [0.1, 0.15) is 0 Å². The smallest absolute Gasteiger partial charge is 0.0629 e. The molecule has 2 nitrogen and oxygen atoms in total. The average Bonchev–Trinajstić information content (AvgIpc) is 2.51. The number of rotatable bonds is 3. The third-order valence-electron chi connectivity index (χ3n) is 3.67. The van der Waals surface area contributed by atoms with Crippen LogP contribution in [0.1, 0.15) is 17.0 Å². The van der Waals surface area contributed by atoms with Gasteiger partial charge in [0.25, 0.3) is 0 Å². The number of morpholine rings is 1. The zero-order valence-corrected chi connectivity index (χ0v) is 12.2. The predicted molar refractivity (Wildman–Crippen MR) is 84.6 cm³/mol. The first-order chi connectivity index (χ1) is 9.45. The molecule has 2 aromatic carbocycles. The maximum Gasteiger partial charge on any atom is 0.0629 e. The lowest BCUT2D eigenvalue weighted by molar-refractivity contribution is 0.0718. The molecule has 1 atom stereocenters. The van der Waals surface area contributed by atoms with Crippen molar-refractivity contribution in [3.05, 3.63) is 71.8 Å². The summed E-state index contributed by atoms with van der Waals surface area (Å²) in [5.41, 5.74) is 2.69. The Balaban J connectivity index is 0.00000147.